The van der Waals surface area contributed by atoms with Crippen molar-refractivity contribution in [1.82, 2.24) is 10.2 Å². The minimum absolute atomic E-state index is 0.0221. The molecular weight excluding hydrogens is 372 g/mol. The third kappa shape index (κ3) is 3.98. The molecule has 1 aromatic rings. The van der Waals surface area contributed by atoms with Crippen molar-refractivity contribution in [2.75, 3.05) is 18.1 Å². The molecule has 0 saturated carbocycles. The number of sulfone groups is 1. The predicted molar refractivity (Wildman–Crippen MR) is 86.4 cm³/mol. The summed E-state index contributed by atoms with van der Waals surface area (Å²) < 4.78 is 50.2. The highest BCUT2D eigenvalue weighted by atomic mass is 32.2. The summed E-state index contributed by atoms with van der Waals surface area (Å²) in [6, 6.07) is 1.92. The molecule has 1 heterocycles. The van der Waals surface area contributed by atoms with Crippen molar-refractivity contribution < 1.29 is 31.6 Å². The summed E-state index contributed by atoms with van der Waals surface area (Å²) in [5, 5.41) is 2.36. The quantitative estimate of drug-likeness (QED) is 0.636. The van der Waals surface area contributed by atoms with E-state index in [1.54, 1.807) is 0 Å². The molecule has 3 N–H and O–H groups in total. The van der Waals surface area contributed by atoms with Crippen LogP contribution in [0.3, 0.4) is 0 Å². The fourth-order valence-corrected chi connectivity index (χ4v) is 3.67. The summed E-state index contributed by atoms with van der Waals surface area (Å²) in [5.41, 5.74) is 3.27. The monoisotopic (exact) mass is 389 g/mol. The van der Waals surface area contributed by atoms with E-state index in [2.05, 4.69) is 5.32 Å². The number of nitrogens with one attached hydrogen (secondary N) is 1. The number of rotatable bonds is 7. The zero-order valence-electron chi connectivity index (χ0n) is 13.8. The summed E-state index contributed by atoms with van der Waals surface area (Å²) in [4.78, 5) is 36.0. The van der Waals surface area contributed by atoms with Crippen LogP contribution < -0.4 is 11.1 Å². The van der Waals surface area contributed by atoms with Gasteiger partial charge in [0.15, 0.2) is 21.5 Å². The van der Waals surface area contributed by atoms with Crippen LogP contribution in [0.5, 0.6) is 0 Å². The molecule has 26 heavy (non-hydrogen) atoms. The lowest BCUT2D eigenvalue weighted by atomic mass is 9.92. The number of imide groups is 1. The van der Waals surface area contributed by atoms with Crippen LogP contribution in [-0.2, 0) is 25.0 Å². The summed E-state index contributed by atoms with van der Waals surface area (Å²) in [7, 11) is -3.71. The van der Waals surface area contributed by atoms with Gasteiger partial charge in [-0.25, -0.2) is 22.0 Å². The zero-order valence-corrected chi connectivity index (χ0v) is 14.6. The Kier molecular flexibility index (Phi) is 5.31. The summed E-state index contributed by atoms with van der Waals surface area (Å²) >= 11 is 0. The van der Waals surface area contributed by atoms with Gasteiger partial charge in [-0.15, -0.1) is 0 Å². The molecule has 1 fully saturated rings. The second-order valence-corrected chi connectivity index (χ2v) is 8.31. The molecule has 1 aliphatic rings. The molecule has 0 aromatic heterocycles. The van der Waals surface area contributed by atoms with Gasteiger partial charge in [0.1, 0.15) is 5.54 Å². The molecule has 8 nitrogen and oxygen atoms in total. The smallest absolute Gasteiger partial charge is 0.325 e. The van der Waals surface area contributed by atoms with Gasteiger partial charge in [-0.05, 0) is 24.6 Å². The van der Waals surface area contributed by atoms with Gasteiger partial charge in [0, 0.05) is 13.0 Å². The van der Waals surface area contributed by atoms with Crippen LogP contribution in [0.15, 0.2) is 18.2 Å². The fraction of sp³-hybridized carbons (Fsp3) is 0.400. The molecule has 1 atom stereocenters. The number of carbonyl (C=O) groups excluding carboxylic acids is 3. The summed E-state index contributed by atoms with van der Waals surface area (Å²) in [6.07, 6.45) is -0.366. The standard InChI is InChI=1S/C15H17F2N3O5S/c1-15(9-2-3-10(16)11(17)8-9)13(22)20(14(23)19-15)5-7-26(24,25)6-4-12(18)21/h2-3,8H,4-7H2,1H3,(H2,18,21)(H,19,23)/t15-/m1/s1. The highest BCUT2D eigenvalue weighted by molar-refractivity contribution is 7.91. The Balaban J connectivity index is 2.15. The van der Waals surface area contributed by atoms with E-state index in [0.717, 1.165) is 18.2 Å². The van der Waals surface area contributed by atoms with Crippen LogP contribution in [0.1, 0.15) is 18.9 Å². The maximum Gasteiger partial charge on any atom is 0.325 e. The number of urea groups is 1. The fourth-order valence-electron chi connectivity index (χ4n) is 2.49. The molecule has 11 heteroatoms. The van der Waals surface area contributed by atoms with E-state index in [9.17, 15) is 31.6 Å². The maximum absolute atomic E-state index is 13.4. The Labute approximate surface area is 148 Å². The number of carbonyl (C=O) groups is 3. The van der Waals surface area contributed by atoms with Crippen LogP contribution in [0.25, 0.3) is 0 Å². The number of halogens is 2. The molecule has 0 radical (unpaired) electrons. The van der Waals surface area contributed by atoms with E-state index >= 15 is 0 Å². The van der Waals surface area contributed by atoms with Crippen molar-refractivity contribution in [2.24, 2.45) is 5.73 Å². The SMILES string of the molecule is C[C@]1(c2ccc(F)c(F)c2)NC(=O)N(CCS(=O)(=O)CCC(N)=O)C1=O. The second kappa shape index (κ2) is 6.98. The van der Waals surface area contributed by atoms with Crippen molar-refractivity contribution in [3.05, 3.63) is 35.4 Å². The number of primary amides is 1. The van der Waals surface area contributed by atoms with Crippen molar-refractivity contribution in [3.63, 3.8) is 0 Å². The van der Waals surface area contributed by atoms with Crippen molar-refractivity contribution in [3.8, 4) is 0 Å². The first kappa shape index (κ1) is 19.8. The Bertz CT molecular complexity index is 874. The lowest BCUT2D eigenvalue weighted by Crippen LogP contribution is -2.41. The van der Waals surface area contributed by atoms with Crippen LogP contribution in [0, 0.1) is 11.6 Å². The predicted octanol–water partition coefficient (Wildman–Crippen LogP) is 0.0220. The van der Waals surface area contributed by atoms with Crippen LogP contribution in [0.2, 0.25) is 0 Å². The van der Waals surface area contributed by atoms with E-state index in [4.69, 9.17) is 5.73 Å². The van der Waals surface area contributed by atoms with Crippen LogP contribution in [-0.4, -0.2) is 49.2 Å². The van der Waals surface area contributed by atoms with E-state index < -0.39 is 62.9 Å². The molecule has 2 rings (SSSR count). The first-order chi connectivity index (χ1) is 12.0. The van der Waals surface area contributed by atoms with Gasteiger partial charge in [0.2, 0.25) is 5.91 Å². The molecule has 0 bridgehead atoms. The topological polar surface area (TPSA) is 127 Å². The molecule has 0 unspecified atom stereocenters. The highest BCUT2D eigenvalue weighted by Crippen LogP contribution is 2.29. The third-order valence-electron chi connectivity index (χ3n) is 4.06. The van der Waals surface area contributed by atoms with Crippen LogP contribution in [0.4, 0.5) is 13.6 Å². The van der Waals surface area contributed by atoms with E-state index in [1.165, 1.54) is 6.92 Å². The number of nitrogens with two attached hydrogens (primary N) is 1. The normalized spacial score (nSPS) is 20.3. The van der Waals surface area contributed by atoms with Gasteiger partial charge >= 0.3 is 6.03 Å². The first-order valence-electron chi connectivity index (χ1n) is 7.54. The van der Waals surface area contributed by atoms with E-state index in [1.807, 2.05) is 0 Å². The summed E-state index contributed by atoms with van der Waals surface area (Å²) in [5.74, 6) is -4.91. The number of nitrogens with zero attached hydrogens (tertiary/aromatic N) is 1. The molecular formula is C15H17F2N3O5S. The Hall–Kier alpha value is -2.56. The number of hydrogen-bond donors (Lipinski definition) is 2. The molecule has 1 aromatic carbocycles. The molecule has 0 spiro atoms. The number of hydrogen-bond acceptors (Lipinski definition) is 5. The van der Waals surface area contributed by atoms with E-state index in [0.29, 0.717) is 4.90 Å². The maximum atomic E-state index is 13.4. The van der Waals surface area contributed by atoms with Crippen molar-refractivity contribution in [2.45, 2.75) is 18.9 Å². The second-order valence-electron chi connectivity index (χ2n) is 6.01. The molecule has 0 aliphatic carbocycles. The minimum atomic E-state index is -3.71. The Morgan fingerprint density at radius 1 is 1.23 bits per heavy atom. The molecule has 142 valence electrons. The number of amides is 4. The van der Waals surface area contributed by atoms with Crippen LogP contribution >= 0.6 is 0 Å². The van der Waals surface area contributed by atoms with Gasteiger partial charge in [-0.1, -0.05) is 6.07 Å². The van der Waals surface area contributed by atoms with Gasteiger partial charge < -0.3 is 11.1 Å². The average molecular weight is 389 g/mol. The zero-order chi connectivity index (χ0) is 19.7. The molecule has 1 aliphatic heterocycles. The van der Waals surface area contributed by atoms with Gasteiger partial charge in [0.05, 0.1) is 11.5 Å². The summed E-state index contributed by atoms with van der Waals surface area (Å²) in [6.45, 7) is 0.868. The molecule has 1 saturated heterocycles. The number of benzene rings is 1. The Morgan fingerprint density at radius 2 is 1.88 bits per heavy atom. The lowest BCUT2D eigenvalue weighted by molar-refractivity contribution is -0.130. The average Bonchev–Trinajstić information content (AvgIpc) is 2.77. The minimum Gasteiger partial charge on any atom is -0.370 e. The lowest BCUT2D eigenvalue weighted by Gasteiger charge is -2.22. The first-order valence-corrected chi connectivity index (χ1v) is 9.37. The van der Waals surface area contributed by atoms with Gasteiger partial charge in [-0.2, -0.15) is 0 Å². The third-order valence-corrected chi connectivity index (χ3v) is 5.69. The van der Waals surface area contributed by atoms with Gasteiger partial charge in [0.25, 0.3) is 5.91 Å². The van der Waals surface area contributed by atoms with E-state index in [-0.39, 0.29) is 12.0 Å². The highest BCUT2D eigenvalue weighted by Gasteiger charge is 2.49. The van der Waals surface area contributed by atoms with Gasteiger partial charge in [-0.3, -0.25) is 14.5 Å². The van der Waals surface area contributed by atoms with Crippen molar-refractivity contribution >= 4 is 27.7 Å². The molecule has 4 amide bonds. The largest absolute Gasteiger partial charge is 0.370 e. The Morgan fingerprint density at radius 3 is 2.46 bits per heavy atom. The van der Waals surface area contributed by atoms with Crippen molar-refractivity contribution in [1.29, 1.82) is 0 Å².